The summed E-state index contributed by atoms with van der Waals surface area (Å²) in [6.07, 6.45) is 42.1. The average Bonchev–Trinajstić information content (AvgIpc) is 3.63. The van der Waals surface area contributed by atoms with Crippen molar-refractivity contribution in [2.24, 2.45) is 23.7 Å². The topological polar surface area (TPSA) is 237 Å². The fraction of sp³-hybridized carbons (Fsp3) is 0.943. The van der Waals surface area contributed by atoms with E-state index in [-0.39, 0.29) is 25.7 Å². The van der Waals surface area contributed by atoms with Gasteiger partial charge in [0, 0.05) is 25.7 Å². The number of carbonyl (C=O) groups is 4. The lowest BCUT2D eigenvalue weighted by molar-refractivity contribution is -0.161. The third-order valence-electron chi connectivity index (χ3n) is 16.1. The lowest BCUT2D eigenvalue weighted by Crippen LogP contribution is -2.30. The van der Waals surface area contributed by atoms with E-state index in [1.807, 2.05) is 0 Å². The maximum absolute atomic E-state index is 13.0. The molecule has 0 aliphatic carbocycles. The van der Waals surface area contributed by atoms with Crippen molar-refractivity contribution in [3.63, 3.8) is 0 Å². The summed E-state index contributed by atoms with van der Waals surface area (Å²) in [5, 5.41) is 10.6. The molecule has 0 radical (unpaired) electrons. The summed E-state index contributed by atoms with van der Waals surface area (Å²) >= 11 is 0. The van der Waals surface area contributed by atoms with Crippen molar-refractivity contribution in [1.29, 1.82) is 0 Å². The molecule has 528 valence electrons. The SMILES string of the molecule is CC(C)CCCCCCCCCCCCCCCCCCC(=O)O[C@H](COC(=O)CCCCCCCCCCC(C)C)COP(=O)(O)OCC(O)COP(=O)(O)OC[C@@H](COC(=O)CCCCCCCCCC(C)C)OC(=O)CCCCCCCCC(C)C. The van der Waals surface area contributed by atoms with Gasteiger partial charge in [-0.1, -0.05) is 293 Å². The molecule has 0 aliphatic heterocycles. The van der Waals surface area contributed by atoms with Gasteiger partial charge in [0.2, 0.25) is 0 Å². The third kappa shape index (κ3) is 64.6. The molecule has 0 aromatic carbocycles. The Morgan fingerprint density at radius 3 is 0.697 bits per heavy atom. The molecule has 0 bridgehead atoms. The lowest BCUT2D eigenvalue weighted by Gasteiger charge is -2.21. The van der Waals surface area contributed by atoms with E-state index in [1.54, 1.807) is 0 Å². The Bertz CT molecular complexity index is 1760. The van der Waals surface area contributed by atoms with Crippen LogP contribution in [0.4, 0.5) is 0 Å². The normalized spacial score (nSPS) is 14.3. The van der Waals surface area contributed by atoms with Crippen molar-refractivity contribution in [2.45, 2.75) is 363 Å². The van der Waals surface area contributed by atoms with Crippen LogP contribution in [0.25, 0.3) is 0 Å². The molecule has 0 saturated carbocycles. The van der Waals surface area contributed by atoms with Crippen LogP contribution >= 0.6 is 15.6 Å². The summed E-state index contributed by atoms with van der Waals surface area (Å²) in [5.74, 6) is 0.775. The second-order valence-corrected chi connectivity index (χ2v) is 30.1. The number of aliphatic hydroxyl groups is 1. The van der Waals surface area contributed by atoms with Crippen LogP contribution in [-0.4, -0.2) is 96.7 Å². The minimum absolute atomic E-state index is 0.101. The van der Waals surface area contributed by atoms with Gasteiger partial charge >= 0.3 is 39.5 Å². The Morgan fingerprint density at radius 1 is 0.281 bits per heavy atom. The number of aliphatic hydroxyl groups excluding tert-OH is 1. The molecule has 5 atom stereocenters. The van der Waals surface area contributed by atoms with Gasteiger partial charge in [-0.05, 0) is 49.4 Å². The van der Waals surface area contributed by atoms with E-state index in [2.05, 4.69) is 55.4 Å². The van der Waals surface area contributed by atoms with Crippen molar-refractivity contribution in [1.82, 2.24) is 0 Å². The van der Waals surface area contributed by atoms with Gasteiger partial charge in [0.05, 0.1) is 26.4 Å². The summed E-state index contributed by atoms with van der Waals surface area (Å²) in [4.78, 5) is 72.4. The first-order valence-electron chi connectivity index (χ1n) is 36.2. The Labute approximate surface area is 543 Å². The van der Waals surface area contributed by atoms with Crippen LogP contribution in [0, 0.1) is 23.7 Å². The van der Waals surface area contributed by atoms with Gasteiger partial charge in [-0.15, -0.1) is 0 Å². The Kier molecular flexibility index (Phi) is 58.5. The minimum atomic E-state index is -4.95. The van der Waals surface area contributed by atoms with Crippen LogP contribution in [0.2, 0.25) is 0 Å². The molecule has 3 unspecified atom stereocenters. The average molecular weight is 1310 g/mol. The standard InChI is InChI=1S/C70H136O17P2/c1-60(2)46-38-30-22-17-15-13-11-9-10-12-14-16-18-26-36-44-52-69(74)86-65(56-80-67(72)50-42-34-25-20-19-23-31-39-47-61(3)4)58-84-88(76,77)82-54-64(71)55-83-89(78,79)85-59-66(87-70(75)53-45-37-29-28-33-41-49-63(7)8)57-81-68(73)51-43-35-27-21-24-32-40-48-62(5)6/h60-66,71H,9-59H2,1-8H3,(H,76,77)(H,78,79)/t64?,65-,66-/m1/s1. The molecule has 0 rings (SSSR count). The van der Waals surface area contributed by atoms with E-state index < -0.39 is 97.5 Å². The fourth-order valence-corrected chi connectivity index (χ4v) is 12.1. The highest BCUT2D eigenvalue weighted by Gasteiger charge is 2.30. The molecular formula is C70H136O17P2. The number of esters is 4. The summed E-state index contributed by atoms with van der Waals surface area (Å²) in [6.45, 7) is 14.0. The highest BCUT2D eigenvalue weighted by atomic mass is 31.2. The van der Waals surface area contributed by atoms with Crippen molar-refractivity contribution in [2.75, 3.05) is 39.6 Å². The molecule has 89 heavy (non-hydrogen) atoms. The number of carbonyl (C=O) groups excluding carboxylic acids is 4. The van der Waals surface area contributed by atoms with Gasteiger partial charge < -0.3 is 33.8 Å². The predicted molar refractivity (Wildman–Crippen MR) is 358 cm³/mol. The fourth-order valence-electron chi connectivity index (χ4n) is 10.5. The minimum Gasteiger partial charge on any atom is -0.462 e. The molecule has 0 saturated heterocycles. The van der Waals surface area contributed by atoms with Gasteiger partial charge in [0.25, 0.3) is 0 Å². The van der Waals surface area contributed by atoms with E-state index in [1.165, 1.54) is 141 Å². The van der Waals surface area contributed by atoms with Crippen molar-refractivity contribution in [3.05, 3.63) is 0 Å². The Balaban J connectivity index is 5.19. The van der Waals surface area contributed by atoms with Crippen LogP contribution in [0.15, 0.2) is 0 Å². The van der Waals surface area contributed by atoms with Crippen LogP contribution in [0.5, 0.6) is 0 Å². The number of hydrogen-bond donors (Lipinski definition) is 3. The summed E-state index contributed by atoms with van der Waals surface area (Å²) < 4.78 is 68.2. The predicted octanol–water partition coefficient (Wildman–Crippen LogP) is 19.7. The molecule has 0 heterocycles. The molecule has 0 aromatic rings. The molecule has 0 fully saturated rings. The number of phosphoric ester groups is 2. The number of hydrogen-bond acceptors (Lipinski definition) is 15. The quantitative estimate of drug-likeness (QED) is 0.0222. The largest absolute Gasteiger partial charge is 0.472 e. The zero-order valence-electron chi connectivity index (χ0n) is 58.1. The van der Waals surface area contributed by atoms with Gasteiger partial charge in [0.15, 0.2) is 12.2 Å². The molecule has 19 heteroatoms. The van der Waals surface area contributed by atoms with Crippen LogP contribution in [-0.2, 0) is 65.4 Å². The Hall–Kier alpha value is -1.94. The second-order valence-electron chi connectivity index (χ2n) is 27.2. The maximum atomic E-state index is 13.0. The smallest absolute Gasteiger partial charge is 0.462 e. The van der Waals surface area contributed by atoms with Crippen molar-refractivity contribution in [3.8, 4) is 0 Å². The highest BCUT2D eigenvalue weighted by molar-refractivity contribution is 7.47. The molecule has 0 spiro atoms. The van der Waals surface area contributed by atoms with E-state index in [0.29, 0.717) is 37.5 Å². The highest BCUT2D eigenvalue weighted by Crippen LogP contribution is 2.45. The van der Waals surface area contributed by atoms with Crippen LogP contribution in [0.1, 0.15) is 344 Å². The summed E-state index contributed by atoms with van der Waals surface area (Å²) in [7, 11) is -9.90. The Morgan fingerprint density at radius 2 is 0.472 bits per heavy atom. The van der Waals surface area contributed by atoms with Crippen molar-refractivity contribution < 1.29 is 80.2 Å². The van der Waals surface area contributed by atoms with Gasteiger partial charge in [0.1, 0.15) is 19.3 Å². The molecule has 3 N–H and O–H groups in total. The van der Waals surface area contributed by atoms with E-state index in [0.717, 1.165) is 108 Å². The molecule has 0 aliphatic rings. The zero-order chi connectivity index (χ0) is 66.1. The first kappa shape index (κ1) is 87.1. The zero-order valence-corrected chi connectivity index (χ0v) is 59.8. The van der Waals surface area contributed by atoms with Gasteiger partial charge in [-0.3, -0.25) is 37.3 Å². The number of rotatable bonds is 67. The van der Waals surface area contributed by atoms with E-state index >= 15 is 0 Å². The molecular weight excluding hydrogens is 1170 g/mol. The number of ether oxygens (including phenoxy) is 4. The molecule has 0 aromatic heterocycles. The first-order valence-corrected chi connectivity index (χ1v) is 39.2. The second kappa shape index (κ2) is 59.8. The van der Waals surface area contributed by atoms with Gasteiger partial charge in [-0.2, -0.15) is 0 Å². The summed E-state index contributed by atoms with van der Waals surface area (Å²) in [5.41, 5.74) is 0. The van der Waals surface area contributed by atoms with Gasteiger partial charge in [-0.25, -0.2) is 9.13 Å². The number of phosphoric acid groups is 2. The van der Waals surface area contributed by atoms with Crippen LogP contribution in [0.3, 0.4) is 0 Å². The molecule has 17 nitrogen and oxygen atoms in total. The molecule has 0 amide bonds. The lowest BCUT2D eigenvalue weighted by atomic mass is 10.0. The number of unbranched alkanes of at least 4 members (excludes halogenated alkanes) is 33. The third-order valence-corrected chi connectivity index (χ3v) is 18.0. The monoisotopic (exact) mass is 1310 g/mol. The van der Waals surface area contributed by atoms with E-state index in [9.17, 15) is 43.2 Å². The van der Waals surface area contributed by atoms with Crippen LogP contribution < -0.4 is 0 Å². The summed E-state index contributed by atoms with van der Waals surface area (Å²) in [6, 6.07) is 0. The first-order chi connectivity index (χ1) is 42.6. The van der Waals surface area contributed by atoms with E-state index in [4.69, 9.17) is 37.0 Å². The van der Waals surface area contributed by atoms with Crippen molar-refractivity contribution >= 4 is 39.5 Å². The maximum Gasteiger partial charge on any atom is 0.472 e.